The number of ether oxygens (including phenoxy) is 2. The largest absolute Gasteiger partial charge is 0.497 e. The molecule has 0 unspecified atom stereocenters. The molecule has 5 heterocycles. The Bertz CT molecular complexity index is 1610. The molecule has 1 spiro atoms. The van der Waals surface area contributed by atoms with Gasteiger partial charge in [0.1, 0.15) is 17.3 Å². The van der Waals surface area contributed by atoms with Crippen molar-refractivity contribution in [1.82, 2.24) is 24.7 Å². The number of aromatic nitrogens is 5. The molecule has 0 aliphatic carbocycles. The van der Waals surface area contributed by atoms with E-state index in [9.17, 15) is 4.79 Å². The molecular weight excluding hydrogens is 494 g/mol. The minimum atomic E-state index is -0.272. The molecule has 2 aliphatic rings. The molecule has 3 aromatic heterocycles. The Morgan fingerprint density at radius 2 is 1.92 bits per heavy atom. The van der Waals surface area contributed by atoms with Crippen molar-refractivity contribution in [3.63, 3.8) is 0 Å². The van der Waals surface area contributed by atoms with Gasteiger partial charge in [0, 0.05) is 25.4 Å². The summed E-state index contributed by atoms with van der Waals surface area (Å²) in [4.78, 5) is 28.0. The van der Waals surface area contributed by atoms with Crippen molar-refractivity contribution in [2.24, 2.45) is 5.41 Å². The Morgan fingerprint density at radius 1 is 1.10 bits per heavy atom. The highest BCUT2D eigenvalue weighted by atomic mass is 16.5. The van der Waals surface area contributed by atoms with E-state index in [1.165, 1.54) is 0 Å². The van der Waals surface area contributed by atoms with Crippen LogP contribution in [0.1, 0.15) is 15.9 Å². The summed E-state index contributed by atoms with van der Waals surface area (Å²) in [6.45, 7) is 4.03. The minimum absolute atomic E-state index is 0.272. The topological polar surface area (TPSA) is 110 Å². The lowest BCUT2D eigenvalue weighted by atomic mass is 9.78. The molecule has 1 amide bonds. The van der Waals surface area contributed by atoms with Crippen LogP contribution in [0.25, 0.3) is 22.6 Å². The number of H-pyrrole nitrogens is 1. The minimum Gasteiger partial charge on any atom is -0.497 e. The quantitative estimate of drug-likeness (QED) is 0.334. The third-order valence-corrected chi connectivity index (χ3v) is 7.35. The van der Waals surface area contributed by atoms with Crippen LogP contribution < -0.4 is 15.0 Å². The number of carbonyl (C=O) groups excluding carboxylic acids is 1. The summed E-state index contributed by atoms with van der Waals surface area (Å²) in [6, 6.07) is 21.2. The van der Waals surface area contributed by atoms with Crippen molar-refractivity contribution in [2.75, 3.05) is 43.6 Å². The fourth-order valence-corrected chi connectivity index (χ4v) is 5.16. The molecule has 10 heteroatoms. The monoisotopic (exact) mass is 521 g/mol. The first kappa shape index (κ1) is 23.4. The van der Waals surface area contributed by atoms with Crippen molar-refractivity contribution in [2.45, 2.75) is 6.54 Å². The van der Waals surface area contributed by atoms with Gasteiger partial charge in [0.2, 0.25) is 0 Å². The number of benzene rings is 2. The first-order valence-corrected chi connectivity index (χ1v) is 12.8. The maximum atomic E-state index is 13.1. The number of para-hydroxylation sites is 2. The Kier molecular flexibility index (Phi) is 5.55. The molecule has 0 bridgehead atoms. The number of imidazole rings is 1. The molecule has 2 fully saturated rings. The number of hydrogen-bond donors (Lipinski definition) is 2. The van der Waals surface area contributed by atoms with Crippen molar-refractivity contribution in [3.05, 3.63) is 84.1 Å². The normalized spacial score (nSPS) is 15.7. The number of anilines is 2. The highest BCUT2D eigenvalue weighted by molar-refractivity contribution is 6.03. The van der Waals surface area contributed by atoms with E-state index in [1.54, 1.807) is 19.4 Å². The van der Waals surface area contributed by atoms with Gasteiger partial charge in [-0.2, -0.15) is 5.10 Å². The van der Waals surface area contributed by atoms with Gasteiger partial charge < -0.3 is 24.7 Å². The van der Waals surface area contributed by atoms with Crippen molar-refractivity contribution in [3.8, 4) is 17.3 Å². The van der Waals surface area contributed by atoms with E-state index in [0.29, 0.717) is 29.2 Å². The maximum Gasteiger partial charge on any atom is 0.258 e. The number of fused-ring (bicyclic) bond motifs is 1. The van der Waals surface area contributed by atoms with E-state index in [0.717, 1.165) is 60.2 Å². The van der Waals surface area contributed by atoms with Gasteiger partial charge in [0.15, 0.2) is 11.6 Å². The van der Waals surface area contributed by atoms with Crippen LogP contribution in [0, 0.1) is 5.41 Å². The molecule has 10 nitrogen and oxygen atoms in total. The standard InChI is InChI=1S/C29H27N7O3/c1-38-21-9-6-19(7-10-21)14-36-24(27-31-22-4-2-3-5-23(22)32-27)12-25(34-36)33-28(37)20-8-11-26(30-13-20)35-15-29(16-35)17-39-18-29/h2-13H,14-18H2,1H3,(H,31,32)(H,33,34,37). The third-order valence-electron chi connectivity index (χ3n) is 7.35. The maximum absolute atomic E-state index is 13.1. The van der Waals surface area contributed by atoms with Crippen LogP contribution in [-0.4, -0.2) is 64.1 Å². The third kappa shape index (κ3) is 4.38. The van der Waals surface area contributed by atoms with Crippen molar-refractivity contribution < 1.29 is 14.3 Å². The number of carbonyl (C=O) groups is 1. The predicted octanol–water partition coefficient (Wildman–Crippen LogP) is 3.97. The lowest BCUT2D eigenvalue weighted by Gasteiger charge is -2.55. The summed E-state index contributed by atoms with van der Waals surface area (Å²) in [7, 11) is 1.64. The second kappa shape index (κ2) is 9.25. The molecule has 196 valence electrons. The summed E-state index contributed by atoms with van der Waals surface area (Å²) in [5, 5.41) is 7.64. The predicted molar refractivity (Wildman–Crippen MR) is 147 cm³/mol. The molecule has 2 saturated heterocycles. The highest BCUT2D eigenvalue weighted by Crippen LogP contribution is 2.39. The second-order valence-corrected chi connectivity index (χ2v) is 10.2. The molecule has 2 aromatic carbocycles. The number of nitrogens with one attached hydrogen (secondary N) is 2. The average Bonchev–Trinajstić information content (AvgIpc) is 3.51. The lowest BCUT2D eigenvalue weighted by molar-refractivity contribution is -0.127. The van der Waals surface area contributed by atoms with Crippen molar-refractivity contribution in [1.29, 1.82) is 0 Å². The number of methoxy groups -OCH3 is 1. The fraction of sp³-hybridized carbons (Fsp3) is 0.241. The first-order valence-electron chi connectivity index (χ1n) is 12.8. The molecule has 0 atom stereocenters. The van der Waals surface area contributed by atoms with E-state index < -0.39 is 0 Å². The van der Waals surface area contributed by atoms with Gasteiger partial charge in [-0.1, -0.05) is 24.3 Å². The van der Waals surface area contributed by atoms with Gasteiger partial charge in [-0.3, -0.25) is 9.48 Å². The summed E-state index contributed by atoms with van der Waals surface area (Å²) < 4.78 is 12.5. The molecule has 2 N–H and O–H groups in total. The van der Waals surface area contributed by atoms with Crippen LogP contribution in [-0.2, 0) is 11.3 Å². The van der Waals surface area contributed by atoms with E-state index in [4.69, 9.17) is 19.6 Å². The van der Waals surface area contributed by atoms with Crippen LogP contribution in [0.2, 0.25) is 0 Å². The SMILES string of the molecule is COc1ccc(Cn2nc(NC(=O)c3ccc(N4CC5(COC5)C4)nc3)cc2-c2nc3ccccc3[nH]2)cc1. The van der Waals surface area contributed by atoms with Gasteiger partial charge in [-0.25, -0.2) is 9.97 Å². The number of amides is 1. The Labute approximate surface area is 224 Å². The van der Waals surface area contributed by atoms with Gasteiger partial charge in [-0.05, 0) is 42.0 Å². The average molecular weight is 522 g/mol. The number of hydrogen-bond acceptors (Lipinski definition) is 7. The smallest absolute Gasteiger partial charge is 0.258 e. The molecular formula is C29H27N7O3. The van der Waals surface area contributed by atoms with Crippen LogP contribution in [0.3, 0.4) is 0 Å². The van der Waals surface area contributed by atoms with E-state index in [1.807, 2.05) is 65.3 Å². The summed E-state index contributed by atoms with van der Waals surface area (Å²) >= 11 is 0. The molecule has 0 saturated carbocycles. The van der Waals surface area contributed by atoms with E-state index in [2.05, 4.69) is 20.2 Å². The number of aromatic amines is 1. The zero-order valence-corrected chi connectivity index (χ0v) is 21.4. The summed E-state index contributed by atoms with van der Waals surface area (Å²) in [5.74, 6) is 2.50. The Balaban J connectivity index is 1.13. The number of nitrogens with zero attached hydrogens (tertiary/aromatic N) is 5. The van der Waals surface area contributed by atoms with Gasteiger partial charge in [0.25, 0.3) is 5.91 Å². The zero-order valence-electron chi connectivity index (χ0n) is 21.4. The Morgan fingerprint density at radius 3 is 2.62 bits per heavy atom. The van der Waals surface area contributed by atoms with E-state index in [-0.39, 0.29) is 5.91 Å². The second-order valence-electron chi connectivity index (χ2n) is 10.2. The molecule has 5 aromatic rings. The van der Waals surface area contributed by atoms with Crippen LogP contribution in [0.5, 0.6) is 5.75 Å². The Hall–Kier alpha value is -4.70. The summed E-state index contributed by atoms with van der Waals surface area (Å²) in [5.41, 5.74) is 4.36. The van der Waals surface area contributed by atoms with Gasteiger partial charge in [0.05, 0.1) is 48.9 Å². The van der Waals surface area contributed by atoms with Crippen LogP contribution in [0.4, 0.5) is 11.6 Å². The van der Waals surface area contributed by atoms with Crippen LogP contribution >= 0.6 is 0 Å². The van der Waals surface area contributed by atoms with Crippen molar-refractivity contribution >= 4 is 28.6 Å². The van der Waals surface area contributed by atoms with E-state index >= 15 is 0 Å². The highest BCUT2D eigenvalue weighted by Gasteiger charge is 2.49. The van der Waals surface area contributed by atoms with Crippen LogP contribution in [0.15, 0.2) is 72.9 Å². The first-order chi connectivity index (χ1) is 19.1. The molecule has 39 heavy (non-hydrogen) atoms. The van der Waals surface area contributed by atoms with Gasteiger partial charge >= 0.3 is 0 Å². The molecule has 2 aliphatic heterocycles. The van der Waals surface area contributed by atoms with Gasteiger partial charge in [-0.15, -0.1) is 0 Å². The number of pyridine rings is 1. The molecule has 0 radical (unpaired) electrons. The zero-order chi connectivity index (χ0) is 26.4. The molecule has 7 rings (SSSR count). The lowest BCUT2D eigenvalue weighted by Crippen LogP contribution is -2.66. The fourth-order valence-electron chi connectivity index (χ4n) is 5.16. The summed E-state index contributed by atoms with van der Waals surface area (Å²) in [6.07, 6.45) is 1.61. The number of rotatable bonds is 7.